The van der Waals surface area contributed by atoms with Gasteiger partial charge in [-0.05, 0) is 100 Å². The largest absolute Gasteiger partial charge is 0.490 e. The number of alkyl halides is 6. The summed E-state index contributed by atoms with van der Waals surface area (Å²) in [6.45, 7) is 4.43. The van der Waals surface area contributed by atoms with Gasteiger partial charge in [0.2, 0.25) is 5.91 Å². The normalized spacial score (nSPS) is 30.0. The molecule has 1 amide bonds. The van der Waals surface area contributed by atoms with Gasteiger partial charge in [-0.2, -0.15) is 26.3 Å². The molecule has 4 saturated carbocycles. The summed E-state index contributed by atoms with van der Waals surface area (Å²) in [5.41, 5.74) is 1.33. The van der Waals surface area contributed by atoms with Crippen LogP contribution in [0.15, 0.2) is 24.5 Å². The Kier molecular flexibility index (Phi) is 10.4. The van der Waals surface area contributed by atoms with Gasteiger partial charge in [-0.25, -0.2) is 9.59 Å². The molecule has 6 aliphatic rings. The maximum absolute atomic E-state index is 13.7. The van der Waals surface area contributed by atoms with Gasteiger partial charge in [-0.15, -0.1) is 0 Å². The highest BCUT2D eigenvalue weighted by Crippen LogP contribution is 2.61. The Hall–Kier alpha value is -2.94. The van der Waals surface area contributed by atoms with E-state index < -0.39 is 24.3 Å². The first-order valence-electron chi connectivity index (χ1n) is 15.0. The van der Waals surface area contributed by atoms with Crippen LogP contribution in [0.1, 0.15) is 56.9 Å². The molecule has 7 rings (SSSR count). The van der Waals surface area contributed by atoms with Gasteiger partial charge in [0, 0.05) is 32.1 Å². The average molecular weight is 652 g/mol. The first-order valence-corrected chi connectivity index (χ1v) is 15.0. The maximum atomic E-state index is 13.7. The predicted octanol–water partition coefficient (Wildman–Crippen LogP) is 5.00. The minimum absolute atomic E-state index is 0.00975. The van der Waals surface area contributed by atoms with E-state index in [0.29, 0.717) is 18.4 Å². The SMILES string of the molecule is CN1CCC(COCc2cccnc2)CC12CN(C(=O)C13CC4CC(CC(C4)C1)C3)C2.O=C(O)C(F)(F)F.O=C(O)C(F)(F)F. The molecule has 2 N–H and O–H groups in total. The molecule has 1 aromatic rings. The summed E-state index contributed by atoms with van der Waals surface area (Å²) < 4.78 is 69.5. The highest BCUT2D eigenvalue weighted by Gasteiger charge is 2.59. The van der Waals surface area contributed by atoms with Gasteiger partial charge in [0.05, 0.1) is 17.6 Å². The number of carboxylic acid groups (broad SMARTS) is 2. The molecule has 3 heterocycles. The summed E-state index contributed by atoms with van der Waals surface area (Å²) >= 11 is 0. The van der Waals surface area contributed by atoms with Gasteiger partial charge >= 0.3 is 24.3 Å². The summed E-state index contributed by atoms with van der Waals surface area (Å²) in [5.74, 6) is -1.90. The molecule has 1 aromatic heterocycles. The van der Waals surface area contributed by atoms with Crippen LogP contribution in [0.25, 0.3) is 0 Å². The lowest BCUT2D eigenvalue weighted by Gasteiger charge is -2.62. The maximum Gasteiger partial charge on any atom is 0.490 e. The lowest BCUT2D eigenvalue weighted by Crippen LogP contribution is -2.74. The molecule has 9 nitrogen and oxygen atoms in total. The molecule has 6 fully saturated rings. The smallest absolute Gasteiger partial charge is 0.475 e. The number of likely N-dealkylation sites (N-methyl/N-ethyl adjacent to an activating group) is 1. The Morgan fingerprint density at radius 2 is 1.44 bits per heavy atom. The molecular formula is C30H39F6N3O6. The molecule has 1 spiro atoms. The third kappa shape index (κ3) is 8.46. The molecule has 2 aliphatic heterocycles. The van der Waals surface area contributed by atoms with Gasteiger partial charge < -0.3 is 19.8 Å². The number of carbonyl (C=O) groups excluding carboxylic acids is 1. The van der Waals surface area contributed by atoms with Crippen LogP contribution in [0, 0.1) is 29.1 Å². The second kappa shape index (κ2) is 13.4. The number of hydrogen-bond donors (Lipinski definition) is 2. The number of carbonyl (C=O) groups is 3. The number of halogens is 6. The number of pyridine rings is 1. The highest BCUT2D eigenvalue weighted by atomic mass is 19.4. The second-order valence-corrected chi connectivity index (χ2v) is 13.3. The summed E-state index contributed by atoms with van der Waals surface area (Å²) in [6, 6.07) is 4.04. The van der Waals surface area contributed by atoms with Crippen LogP contribution >= 0.6 is 0 Å². The third-order valence-electron chi connectivity index (χ3n) is 9.93. The van der Waals surface area contributed by atoms with Crippen molar-refractivity contribution < 1.29 is 55.7 Å². The highest BCUT2D eigenvalue weighted by molar-refractivity contribution is 5.84. The van der Waals surface area contributed by atoms with Crippen LogP contribution in [-0.2, 0) is 25.7 Å². The number of aromatic nitrogens is 1. The Labute approximate surface area is 256 Å². The number of amides is 1. The number of rotatable bonds is 5. The van der Waals surface area contributed by atoms with Crippen molar-refractivity contribution in [1.82, 2.24) is 14.8 Å². The van der Waals surface area contributed by atoms with E-state index in [1.165, 1.54) is 44.9 Å². The van der Waals surface area contributed by atoms with E-state index in [0.717, 1.165) is 56.0 Å². The van der Waals surface area contributed by atoms with Crippen molar-refractivity contribution >= 4 is 17.8 Å². The van der Waals surface area contributed by atoms with Crippen molar-refractivity contribution in [2.45, 2.75) is 75.9 Å². The van der Waals surface area contributed by atoms with E-state index in [4.69, 9.17) is 24.5 Å². The van der Waals surface area contributed by atoms with Gasteiger partial charge in [0.25, 0.3) is 0 Å². The number of carboxylic acids is 2. The standard InChI is InChI=1S/C26H37N3O2.2C2HF3O2/c1-28-6-4-19(15-31-16-20-3-2-5-27-14-20)13-26(28)17-29(18-26)24(30)25-10-21-7-22(11-25)9-23(8-21)12-25;2*3-2(4,5)1(6)7/h2-3,5,14,19,21-23H,4,6-13,15-18H2,1H3;2*(H,6,7). The van der Waals surface area contributed by atoms with Crippen molar-refractivity contribution in [3.63, 3.8) is 0 Å². The third-order valence-corrected chi connectivity index (χ3v) is 9.93. The van der Waals surface area contributed by atoms with Crippen LogP contribution in [-0.4, -0.2) is 94.0 Å². The molecule has 1 unspecified atom stereocenters. The summed E-state index contributed by atoms with van der Waals surface area (Å²) in [4.78, 5) is 40.4. The Morgan fingerprint density at radius 3 is 1.89 bits per heavy atom. The summed E-state index contributed by atoms with van der Waals surface area (Å²) in [7, 11) is 2.26. The van der Waals surface area contributed by atoms with Gasteiger partial charge in [0.1, 0.15) is 0 Å². The molecule has 0 aromatic carbocycles. The fourth-order valence-electron chi connectivity index (χ4n) is 8.26. The Bertz CT molecular complexity index is 1150. The van der Waals surface area contributed by atoms with Crippen molar-refractivity contribution in [1.29, 1.82) is 0 Å². The summed E-state index contributed by atoms with van der Waals surface area (Å²) in [6.07, 6.45) is 3.62. The average Bonchev–Trinajstić information content (AvgIpc) is 2.92. The monoisotopic (exact) mass is 651 g/mol. The van der Waals surface area contributed by atoms with Crippen LogP contribution in [0.5, 0.6) is 0 Å². The quantitative estimate of drug-likeness (QED) is 0.427. The molecule has 4 aliphatic carbocycles. The van der Waals surface area contributed by atoms with E-state index in [9.17, 15) is 31.1 Å². The molecule has 0 radical (unpaired) electrons. The van der Waals surface area contributed by atoms with Gasteiger partial charge in [-0.3, -0.25) is 14.7 Å². The van der Waals surface area contributed by atoms with Crippen LogP contribution in [0.4, 0.5) is 26.3 Å². The van der Waals surface area contributed by atoms with Gasteiger partial charge in [0.15, 0.2) is 0 Å². The molecule has 252 valence electrons. The van der Waals surface area contributed by atoms with E-state index in [1.54, 1.807) is 6.20 Å². The Morgan fingerprint density at radius 1 is 0.933 bits per heavy atom. The van der Waals surface area contributed by atoms with Crippen molar-refractivity contribution in [3.05, 3.63) is 30.1 Å². The first-order chi connectivity index (χ1) is 20.9. The summed E-state index contributed by atoms with van der Waals surface area (Å²) in [5, 5.41) is 14.2. The topological polar surface area (TPSA) is 120 Å². The van der Waals surface area contributed by atoms with Crippen molar-refractivity contribution in [2.75, 3.05) is 33.3 Å². The van der Waals surface area contributed by atoms with Crippen molar-refractivity contribution in [3.8, 4) is 0 Å². The van der Waals surface area contributed by atoms with Crippen LogP contribution in [0.2, 0.25) is 0 Å². The predicted molar refractivity (Wildman–Crippen MR) is 147 cm³/mol. The molecule has 45 heavy (non-hydrogen) atoms. The van der Waals surface area contributed by atoms with Gasteiger partial charge in [-0.1, -0.05) is 6.07 Å². The number of nitrogens with zero attached hydrogens (tertiary/aromatic N) is 3. The number of likely N-dealkylation sites (tertiary alicyclic amines) is 2. The molecule has 15 heteroatoms. The zero-order chi connectivity index (χ0) is 33.2. The number of hydrogen-bond acceptors (Lipinski definition) is 6. The van der Waals surface area contributed by atoms with E-state index in [1.807, 2.05) is 12.3 Å². The fraction of sp³-hybridized carbons (Fsp3) is 0.733. The molecular weight excluding hydrogens is 612 g/mol. The van der Waals surface area contributed by atoms with Crippen LogP contribution in [0.3, 0.4) is 0 Å². The fourth-order valence-corrected chi connectivity index (χ4v) is 8.26. The first kappa shape index (κ1) is 34.9. The minimum Gasteiger partial charge on any atom is -0.475 e. The number of ether oxygens (including phenoxy) is 1. The Balaban J connectivity index is 0.000000277. The van der Waals surface area contributed by atoms with Crippen LogP contribution < -0.4 is 0 Å². The second-order valence-electron chi connectivity index (χ2n) is 13.3. The molecule has 2 saturated heterocycles. The lowest BCUT2D eigenvalue weighted by atomic mass is 9.49. The zero-order valence-electron chi connectivity index (χ0n) is 24.9. The zero-order valence-corrected chi connectivity index (χ0v) is 24.9. The van der Waals surface area contributed by atoms with E-state index in [-0.39, 0.29) is 11.0 Å². The van der Waals surface area contributed by atoms with Crippen molar-refractivity contribution in [2.24, 2.45) is 29.1 Å². The lowest BCUT2D eigenvalue weighted by molar-refractivity contribution is -0.193. The number of piperidine rings is 1. The van der Waals surface area contributed by atoms with E-state index in [2.05, 4.69) is 27.9 Å². The minimum atomic E-state index is -5.08. The number of aliphatic carboxylic acids is 2. The molecule has 1 atom stereocenters. The molecule has 4 bridgehead atoms. The van der Waals surface area contributed by atoms with E-state index >= 15 is 0 Å².